The fraction of sp³-hybridized carbons (Fsp3) is 0.533. The molecule has 0 saturated heterocycles. The van der Waals surface area contributed by atoms with E-state index in [9.17, 15) is 13.2 Å². The van der Waals surface area contributed by atoms with Crippen LogP contribution in [-0.4, -0.2) is 20.4 Å². The molecule has 2 N–H and O–H groups in total. The predicted octanol–water partition coefficient (Wildman–Crippen LogP) is 2.75. The minimum Gasteiger partial charge on any atom is -0.326 e. The summed E-state index contributed by atoms with van der Waals surface area (Å²) in [5.74, 6) is -0.133. The second-order valence-corrected chi connectivity index (χ2v) is 6.97. The van der Waals surface area contributed by atoms with Crippen LogP contribution in [0.4, 0.5) is 5.69 Å². The molecule has 6 heteroatoms. The highest BCUT2D eigenvalue weighted by Gasteiger charge is 2.16. The maximum atomic E-state index is 12.1. The van der Waals surface area contributed by atoms with Crippen LogP contribution < -0.4 is 10.0 Å². The van der Waals surface area contributed by atoms with Gasteiger partial charge in [0.2, 0.25) is 15.9 Å². The number of hydrogen-bond acceptors (Lipinski definition) is 3. The molecule has 2 unspecified atom stereocenters. The van der Waals surface area contributed by atoms with E-state index in [0.717, 1.165) is 12.8 Å². The monoisotopic (exact) mass is 312 g/mol. The lowest BCUT2D eigenvalue weighted by Crippen LogP contribution is -2.31. The van der Waals surface area contributed by atoms with Crippen molar-refractivity contribution in [1.82, 2.24) is 4.72 Å². The molecule has 5 nitrogen and oxygen atoms in total. The van der Waals surface area contributed by atoms with Crippen LogP contribution in [0.15, 0.2) is 29.2 Å². The van der Waals surface area contributed by atoms with E-state index in [-0.39, 0.29) is 22.8 Å². The molecule has 21 heavy (non-hydrogen) atoms. The predicted molar refractivity (Wildman–Crippen MR) is 84.6 cm³/mol. The Morgan fingerprint density at radius 2 is 1.67 bits per heavy atom. The molecule has 0 radical (unpaired) electrons. The van der Waals surface area contributed by atoms with Crippen molar-refractivity contribution in [2.24, 2.45) is 5.92 Å². The maximum Gasteiger partial charge on any atom is 0.240 e. The summed E-state index contributed by atoms with van der Waals surface area (Å²) >= 11 is 0. The van der Waals surface area contributed by atoms with Crippen LogP contribution in [0, 0.1) is 5.92 Å². The zero-order chi connectivity index (χ0) is 16.0. The molecule has 2 atom stereocenters. The van der Waals surface area contributed by atoms with Gasteiger partial charge >= 0.3 is 0 Å². The highest BCUT2D eigenvalue weighted by Crippen LogP contribution is 2.16. The van der Waals surface area contributed by atoms with Crippen molar-refractivity contribution >= 4 is 21.6 Å². The average Bonchev–Trinajstić information content (AvgIpc) is 2.46. The summed E-state index contributed by atoms with van der Waals surface area (Å²) in [6.07, 6.45) is 1.49. The SMILES string of the molecule is CCC(C)NS(=O)(=O)c1ccc(NC(=O)C(C)CC)cc1. The van der Waals surface area contributed by atoms with Crippen molar-refractivity contribution in [2.75, 3.05) is 5.32 Å². The van der Waals surface area contributed by atoms with E-state index in [2.05, 4.69) is 10.0 Å². The van der Waals surface area contributed by atoms with Crippen molar-refractivity contribution in [3.05, 3.63) is 24.3 Å². The molecule has 0 aliphatic heterocycles. The van der Waals surface area contributed by atoms with E-state index in [1.807, 2.05) is 27.7 Å². The second-order valence-electron chi connectivity index (χ2n) is 5.25. The van der Waals surface area contributed by atoms with Gasteiger partial charge < -0.3 is 5.32 Å². The number of sulfonamides is 1. The van der Waals surface area contributed by atoms with Gasteiger partial charge in [0.1, 0.15) is 0 Å². The summed E-state index contributed by atoms with van der Waals surface area (Å²) in [6.45, 7) is 7.53. The Balaban J connectivity index is 2.81. The van der Waals surface area contributed by atoms with E-state index < -0.39 is 10.0 Å². The van der Waals surface area contributed by atoms with Gasteiger partial charge in [-0.3, -0.25) is 4.79 Å². The topological polar surface area (TPSA) is 75.3 Å². The molecule has 0 aromatic heterocycles. The molecule has 0 heterocycles. The van der Waals surface area contributed by atoms with Gasteiger partial charge in [0, 0.05) is 17.6 Å². The molecule has 0 fully saturated rings. The Hall–Kier alpha value is -1.40. The quantitative estimate of drug-likeness (QED) is 0.813. The van der Waals surface area contributed by atoms with Gasteiger partial charge in [-0.1, -0.05) is 20.8 Å². The minimum atomic E-state index is -3.50. The number of rotatable bonds is 7. The molecule has 0 saturated carbocycles. The van der Waals surface area contributed by atoms with Crippen molar-refractivity contribution in [3.63, 3.8) is 0 Å². The third-order valence-electron chi connectivity index (χ3n) is 3.46. The second kappa shape index (κ2) is 7.56. The molecule has 0 aliphatic carbocycles. The number of hydrogen-bond donors (Lipinski definition) is 2. The average molecular weight is 312 g/mol. The molecule has 1 aromatic carbocycles. The van der Waals surface area contributed by atoms with Gasteiger partial charge in [0.15, 0.2) is 0 Å². The van der Waals surface area contributed by atoms with Gasteiger partial charge in [-0.15, -0.1) is 0 Å². The first-order valence-corrected chi connectivity index (χ1v) is 8.71. The van der Waals surface area contributed by atoms with E-state index in [0.29, 0.717) is 5.69 Å². The number of nitrogens with one attached hydrogen (secondary N) is 2. The molecule has 1 amide bonds. The Bertz CT molecular complexity index is 567. The molecule has 0 spiro atoms. The van der Waals surface area contributed by atoms with Gasteiger partial charge in [0.05, 0.1) is 4.90 Å². The largest absolute Gasteiger partial charge is 0.326 e. The molecule has 1 aromatic rings. The van der Waals surface area contributed by atoms with Crippen molar-refractivity contribution in [2.45, 2.75) is 51.5 Å². The first kappa shape index (κ1) is 17.7. The third kappa shape index (κ3) is 5.13. The lowest BCUT2D eigenvalue weighted by molar-refractivity contribution is -0.119. The van der Waals surface area contributed by atoms with E-state index in [1.54, 1.807) is 12.1 Å². The molecule has 0 bridgehead atoms. The number of carbonyl (C=O) groups is 1. The Labute approximate surface area is 127 Å². The minimum absolute atomic E-state index is 0.0640. The Morgan fingerprint density at radius 3 is 2.14 bits per heavy atom. The van der Waals surface area contributed by atoms with E-state index >= 15 is 0 Å². The molecular formula is C15H24N2O3S. The van der Waals surface area contributed by atoms with Crippen LogP contribution in [-0.2, 0) is 14.8 Å². The molecular weight excluding hydrogens is 288 g/mol. The molecule has 0 aliphatic rings. The first-order valence-electron chi connectivity index (χ1n) is 7.23. The summed E-state index contributed by atoms with van der Waals surface area (Å²) in [5, 5.41) is 2.77. The van der Waals surface area contributed by atoms with Crippen LogP contribution >= 0.6 is 0 Å². The van der Waals surface area contributed by atoms with Crippen LogP contribution in [0.2, 0.25) is 0 Å². The smallest absolute Gasteiger partial charge is 0.240 e. The van der Waals surface area contributed by atoms with Crippen LogP contribution in [0.25, 0.3) is 0 Å². The number of anilines is 1. The zero-order valence-corrected chi connectivity index (χ0v) is 13.8. The van der Waals surface area contributed by atoms with Gasteiger partial charge in [0.25, 0.3) is 0 Å². The number of carbonyl (C=O) groups excluding carboxylic acids is 1. The summed E-state index contributed by atoms with van der Waals surface area (Å²) in [4.78, 5) is 12.0. The van der Waals surface area contributed by atoms with Gasteiger partial charge in [-0.25, -0.2) is 13.1 Å². The Kier molecular flexibility index (Phi) is 6.36. The summed E-state index contributed by atoms with van der Waals surface area (Å²) < 4.78 is 26.8. The fourth-order valence-electron chi connectivity index (χ4n) is 1.58. The van der Waals surface area contributed by atoms with E-state index in [1.165, 1.54) is 12.1 Å². The summed E-state index contributed by atoms with van der Waals surface area (Å²) in [6, 6.07) is 6.09. The highest BCUT2D eigenvalue weighted by molar-refractivity contribution is 7.89. The first-order chi connectivity index (χ1) is 9.80. The highest BCUT2D eigenvalue weighted by atomic mass is 32.2. The normalized spacial score (nSPS) is 14.5. The lowest BCUT2D eigenvalue weighted by Gasteiger charge is -2.13. The van der Waals surface area contributed by atoms with Crippen LogP contribution in [0.3, 0.4) is 0 Å². The van der Waals surface area contributed by atoms with Gasteiger partial charge in [-0.05, 0) is 44.0 Å². The van der Waals surface area contributed by atoms with Crippen LogP contribution in [0.5, 0.6) is 0 Å². The van der Waals surface area contributed by atoms with Crippen molar-refractivity contribution < 1.29 is 13.2 Å². The molecule has 1 rings (SSSR count). The maximum absolute atomic E-state index is 12.1. The Morgan fingerprint density at radius 1 is 1.10 bits per heavy atom. The summed E-state index contributed by atoms with van der Waals surface area (Å²) in [5.41, 5.74) is 0.600. The van der Waals surface area contributed by atoms with Crippen LogP contribution in [0.1, 0.15) is 40.5 Å². The van der Waals surface area contributed by atoms with E-state index in [4.69, 9.17) is 0 Å². The number of amides is 1. The zero-order valence-electron chi connectivity index (χ0n) is 13.0. The summed E-state index contributed by atoms with van der Waals surface area (Å²) in [7, 11) is -3.50. The van der Waals surface area contributed by atoms with Crippen molar-refractivity contribution in [3.8, 4) is 0 Å². The number of benzene rings is 1. The standard InChI is InChI=1S/C15H24N2O3S/c1-5-11(3)15(18)16-13-7-9-14(10-8-13)21(19,20)17-12(4)6-2/h7-12,17H,5-6H2,1-4H3,(H,16,18). The fourth-order valence-corrected chi connectivity index (χ4v) is 2.91. The third-order valence-corrected chi connectivity index (χ3v) is 5.07. The van der Waals surface area contributed by atoms with Crippen molar-refractivity contribution in [1.29, 1.82) is 0 Å². The molecule has 118 valence electrons. The van der Waals surface area contributed by atoms with Gasteiger partial charge in [-0.2, -0.15) is 0 Å². The lowest BCUT2D eigenvalue weighted by atomic mass is 10.1.